The highest BCUT2D eigenvalue weighted by Crippen LogP contribution is 2.29. The number of primary amides is 1. The lowest BCUT2D eigenvalue weighted by atomic mass is 9.79. The van der Waals surface area contributed by atoms with E-state index < -0.39 is 23.9 Å². The minimum atomic E-state index is -1.17. The molecule has 0 aromatic rings. The Bertz CT molecular complexity index is 400. The zero-order chi connectivity index (χ0) is 16.0. The second-order valence-electron chi connectivity index (χ2n) is 5.98. The van der Waals surface area contributed by atoms with Crippen molar-refractivity contribution in [1.82, 2.24) is 10.6 Å². The molecule has 0 saturated heterocycles. The van der Waals surface area contributed by atoms with Crippen LogP contribution < -0.4 is 16.4 Å². The Morgan fingerprint density at radius 1 is 1.24 bits per heavy atom. The summed E-state index contributed by atoms with van der Waals surface area (Å²) in [4.78, 5) is 33.6. The topological polar surface area (TPSA) is 122 Å². The summed E-state index contributed by atoms with van der Waals surface area (Å²) >= 11 is 0. The van der Waals surface area contributed by atoms with E-state index in [9.17, 15) is 14.4 Å². The maximum absolute atomic E-state index is 11.9. The molecule has 120 valence electrons. The van der Waals surface area contributed by atoms with Crippen molar-refractivity contribution < 1.29 is 19.5 Å². The second kappa shape index (κ2) is 7.85. The number of carboxylic acids is 1. The maximum atomic E-state index is 11.9. The van der Waals surface area contributed by atoms with E-state index in [0.717, 1.165) is 19.3 Å². The molecule has 21 heavy (non-hydrogen) atoms. The van der Waals surface area contributed by atoms with Gasteiger partial charge in [-0.25, -0.2) is 9.59 Å². The highest BCUT2D eigenvalue weighted by atomic mass is 16.4. The number of hydrogen-bond acceptors (Lipinski definition) is 3. The zero-order valence-corrected chi connectivity index (χ0v) is 12.6. The van der Waals surface area contributed by atoms with Crippen LogP contribution in [0.5, 0.6) is 0 Å². The number of hydrogen-bond donors (Lipinski definition) is 4. The normalized spacial score (nSPS) is 26.7. The van der Waals surface area contributed by atoms with Gasteiger partial charge in [0.2, 0.25) is 5.91 Å². The summed E-state index contributed by atoms with van der Waals surface area (Å²) in [5, 5.41) is 14.2. The van der Waals surface area contributed by atoms with Crippen LogP contribution in [0.4, 0.5) is 4.79 Å². The third kappa shape index (κ3) is 6.01. The van der Waals surface area contributed by atoms with E-state index in [-0.39, 0.29) is 18.9 Å². The van der Waals surface area contributed by atoms with Gasteiger partial charge >= 0.3 is 12.0 Å². The Labute approximate surface area is 124 Å². The molecule has 0 heterocycles. The van der Waals surface area contributed by atoms with Crippen molar-refractivity contribution in [3.8, 4) is 0 Å². The first-order valence-electron chi connectivity index (χ1n) is 7.37. The summed E-state index contributed by atoms with van der Waals surface area (Å²) in [6, 6.07) is -1.53. The third-order valence-corrected chi connectivity index (χ3v) is 4.22. The summed E-state index contributed by atoms with van der Waals surface area (Å²) in [6.45, 7) is 4.36. The van der Waals surface area contributed by atoms with Gasteiger partial charge in [-0.05, 0) is 37.5 Å². The molecule has 3 amide bonds. The van der Waals surface area contributed by atoms with Crippen LogP contribution >= 0.6 is 0 Å². The molecule has 1 fully saturated rings. The predicted octanol–water partition coefficient (Wildman–Crippen LogP) is 0.829. The summed E-state index contributed by atoms with van der Waals surface area (Å²) in [7, 11) is 0. The summed E-state index contributed by atoms with van der Waals surface area (Å²) in [6.07, 6.45) is 2.77. The van der Waals surface area contributed by atoms with Crippen molar-refractivity contribution in [2.45, 2.75) is 58.0 Å². The molecule has 5 N–H and O–H groups in total. The molecule has 0 spiro atoms. The second-order valence-corrected chi connectivity index (χ2v) is 5.98. The van der Waals surface area contributed by atoms with E-state index in [1.54, 1.807) is 0 Å². The van der Waals surface area contributed by atoms with Crippen molar-refractivity contribution >= 4 is 17.9 Å². The van der Waals surface area contributed by atoms with Gasteiger partial charge in [-0.15, -0.1) is 0 Å². The van der Waals surface area contributed by atoms with Crippen LogP contribution in [0.3, 0.4) is 0 Å². The van der Waals surface area contributed by atoms with E-state index in [1.807, 2.05) is 0 Å². The van der Waals surface area contributed by atoms with Gasteiger partial charge in [-0.2, -0.15) is 0 Å². The fraction of sp³-hybridized carbons (Fsp3) is 0.786. The quantitative estimate of drug-likeness (QED) is 0.580. The zero-order valence-electron chi connectivity index (χ0n) is 12.6. The van der Waals surface area contributed by atoms with Crippen LogP contribution in [0.1, 0.15) is 46.0 Å². The molecule has 4 atom stereocenters. The molecule has 1 rings (SSSR count). The average Bonchev–Trinajstić information content (AvgIpc) is 2.38. The number of carboxylic acid groups (broad SMARTS) is 1. The Hall–Kier alpha value is -1.79. The summed E-state index contributed by atoms with van der Waals surface area (Å²) < 4.78 is 0. The van der Waals surface area contributed by atoms with Gasteiger partial charge < -0.3 is 21.5 Å². The van der Waals surface area contributed by atoms with Gasteiger partial charge in [0.25, 0.3) is 0 Å². The number of carbonyl (C=O) groups is 3. The van der Waals surface area contributed by atoms with Crippen LogP contribution in [-0.4, -0.2) is 35.1 Å². The van der Waals surface area contributed by atoms with Crippen LogP contribution in [-0.2, 0) is 9.59 Å². The minimum absolute atomic E-state index is 0.00378. The number of nitrogens with two attached hydrogens (primary N) is 1. The van der Waals surface area contributed by atoms with Crippen molar-refractivity contribution in [1.29, 1.82) is 0 Å². The van der Waals surface area contributed by atoms with Crippen LogP contribution in [0, 0.1) is 11.8 Å². The third-order valence-electron chi connectivity index (χ3n) is 4.22. The molecule has 0 aliphatic heterocycles. The monoisotopic (exact) mass is 299 g/mol. The van der Waals surface area contributed by atoms with Gasteiger partial charge in [-0.3, -0.25) is 4.79 Å². The van der Waals surface area contributed by atoms with Gasteiger partial charge in [-0.1, -0.05) is 13.8 Å². The molecular formula is C14H25N3O4. The number of amides is 3. The van der Waals surface area contributed by atoms with Crippen LogP contribution in [0.2, 0.25) is 0 Å². The van der Waals surface area contributed by atoms with E-state index in [2.05, 4.69) is 24.5 Å². The molecule has 1 aliphatic carbocycles. The average molecular weight is 299 g/mol. The molecule has 0 aromatic carbocycles. The van der Waals surface area contributed by atoms with Gasteiger partial charge in [0, 0.05) is 12.5 Å². The van der Waals surface area contributed by atoms with Crippen molar-refractivity contribution in [2.24, 2.45) is 17.6 Å². The number of nitrogens with one attached hydrogen (secondary N) is 2. The van der Waals surface area contributed by atoms with Gasteiger partial charge in [0.15, 0.2) is 0 Å². The molecule has 1 saturated carbocycles. The minimum Gasteiger partial charge on any atom is -0.480 e. The fourth-order valence-electron chi connectivity index (χ4n) is 2.61. The van der Waals surface area contributed by atoms with E-state index in [0.29, 0.717) is 11.8 Å². The Kier molecular flexibility index (Phi) is 6.45. The molecule has 7 nitrogen and oxygen atoms in total. The van der Waals surface area contributed by atoms with Crippen LogP contribution in [0.15, 0.2) is 0 Å². The molecular weight excluding hydrogens is 274 g/mol. The van der Waals surface area contributed by atoms with Gasteiger partial charge in [0.1, 0.15) is 6.04 Å². The van der Waals surface area contributed by atoms with E-state index in [1.165, 1.54) is 0 Å². The first-order chi connectivity index (χ1) is 9.79. The Balaban J connectivity index is 2.43. The van der Waals surface area contributed by atoms with Crippen molar-refractivity contribution in [3.63, 3.8) is 0 Å². The molecule has 0 bridgehead atoms. The molecule has 7 heteroatoms. The highest BCUT2D eigenvalue weighted by Gasteiger charge is 2.27. The smallest absolute Gasteiger partial charge is 0.326 e. The highest BCUT2D eigenvalue weighted by molar-refractivity contribution is 5.83. The van der Waals surface area contributed by atoms with E-state index in [4.69, 9.17) is 10.8 Å². The number of urea groups is 1. The molecule has 1 aliphatic rings. The van der Waals surface area contributed by atoms with Crippen molar-refractivity contribution in [2.75, 3.05) is 0 Å². The number of aliphatic carboxylic acids is 1. The lowest BCUT2D eigenvalue weighted by Crippen LogP contribution is -2.50. The number of carbonyl (C=O) groups excluding carboxylic acids is 2. The van der Waals surface area contributed by atoms with E-state index >= 15 is 0 Å². The summed E-state index contributed by atoms with van der Waals surface area (Å²) in [5.41, 5.74) is 4.99. The number of rotatable bonds is 6. The first kappa shape index (κ1) is 17.3. The SMILES string of the molecule is CC1CCC(NC(=O)N[C@@H](CCC(N)=O)C(=O)O)CC1C. The standard InChI is InChI=1S/C14H25N3O4/c1-8-3-4-10(7-9(8)2)16-14(21)17-11(13(19)20)5-6-12(15)18/h8-11H,3-7H2,1-2H3,(H2,15,18)(H,19,20)(H2,16,17,21)/t8?,9?,10?,11-/m0/s1. The Morgan fingerprint density at radius 2 is 1.90 bits per heavy atom. The van der Waals surface area contributed by atoms with Crippen LogP contribution in [0.25, 0.3) is 0 Å². The largest absolute Gasteiger partial charge is 0.480 e. The predicted molar refractivity (Wildman–Crippen MR) is 77.5 cm³/mol. The summed E-state index contributed by atoms with van der Waals surface area (Å²) in [5.74, 6) is -0.571. The molecule has 0 aromatic heterocycles. The first-order valence-corrected chi connectivity index (χ1v) is 7.37. The van der Waals surface area contributed by atoms with Crippen molar-refractivity contribution in [3.05, 3.63) is 0 Å². The molecule has 3 unspecified atom stereocenters. The fourth-order valence-corrected chi connectivity index (χ4v) is 2.61. The Morgan fingerprint density at radius 3 is 2.43 bits per heavy atom. The van der Waals surface area contributed by atoms with Gasteiger partial charge in [0.05, 0.1) is 0 Å². The maximum Gasteiger partial charge on any atom is 0.326 e. The lowest BCUT2D eigenvalue weighted by Gasteiger charge is -2.32. The lowest BCUT2D eigenvalue weighted by molar-refractivity contribution is -0.139. The molecule has 0 radical (unpaired) electrons.